The molecule has 7 heteroatoms. The van der Waals surface area contributed by atoms with Crippen molar-refractivity contribution in [3.63, 3.8) is 0 Å². The lowest BCUT2D eigenvalue weighted by molar-refractivity contribution is 0.601. The fraction of sp³-hybridized carbons (Fsp3) is 0.214. The molecule has 112 valence electrons. The minimum Gasteiger partial charge on any atom is -0.369 e. The summed E-state index contributed by atoms with van der Waals surface area (Å²) in [6, 6.07) is 7.88. The highest BCUT2D eigenvalue weighted by molar-refractivity contribution is 9.10. The second kappa shape index (κ2) is 6.53. The zero-order valence-corrected chi connectivity index (χ0v) is 13.7. The van der Waals surface area contributed by atoms with Crippen LogP contribution in [0.2, 0.25) is 0 Å². The lowest BCUT2D eigenvalue weighted by Gasteiger charge is -2.09. The van der Waals surface area contributed by atoms with Gasteiger partial charge in [0.2, 0.25) is 0 Å². The van der Waals surface area contributed by atoms with E-state index in [2.05, 4.69) is 26.2 Å². The molecule has 0 spiro atoms. The van der Waals surface area contributed by atoms with Gasteiger partial charge < -0.3 is 5.32 Å². The molecule has 2 rings (SSSR count). The van der Waals surface area contributed by atoms with E-state index in [0.717, 1.165) is 11.8 Å². The van der Waals surface area contributed by atoms with Crippen LogP contribution in [0.5, 0.6) is 0 Å². The van der Waals surface area contributed by atoms with Crippen LogP contribution in [0, 0.1) is 5.82 Å². The Labute approximate surface area is 131 Å². The number of aromatic nitrogens is 1. The van der Waals surface area contributed by atoms with Crippen LogP contribution in [-0.2, 0) is 16.3 Å². The van der Waals surface area contributed by atoms with E-state index in [-0.39, 0.29) is 10.7 Å². The molecular formula is C14H14BrFN2O2S. The van der Waals surface area contributed by atoms with Gasteiger partial charge in [-0.2, -0.15) is 0 Å². The van der Waals surface area contributed by atoms with Crippen molar-refractivity contribution in [2.75, 3.05) is 18.1 Å². The summed E-state index contributed by atoms with van der Waals surface area (Å²) >= 11 is 3.13. The minimum atomic E-state index is -3.32. The number of hydrogen-bond donors (Lipinski definition) is 1. The molecule has 0 saturated heterocycles. The van der Waals surface area contributed by atoms with E-state index < -0.39 is 9.84 Å². The molecule has 0 unspecified atom stereocenters. The fourth-order valence-corrected chi connectivity index (χ4v) is 3.07. The number of rotatable bonds is 5. The highest BCUT2D eigenvalue weighted by Gasteiger charge is 2.13. The van der Waals surface area contributed by atoms with E-state index in [1.807, 2.05) is 0 Å². The first-order valence-corrected chi connectivity index (χ1v) is 8.89. The Morgan fingerprint density at radius 3 is 2.76 bits per heavy atom. The van der Waals surface area contributed by atoms with Crippen LogP contribution >= 0.6 is 15.9 Å². The average Bonchev–Trinajstić information content (AvgIpc) is 2.42. The first kappa shape index (κ1) is 15.9. The van der Waals surface area contributed by atoms with Gasteiger partial charge in [0.1, 0.15) is 16.5 Å². The maximum absolute atomic E-state index is 13.1. The summed E-state index contributed by atoms with van der Waals surface area (Å²) in [6.07, 6.45) is 3.30. The van der Waals surface area contributed by atoms with Crippen LogP contribution in [0.3, 0.4) is 0 Å². The van der Waals surface area contributed by atoms with Gasteiger partial charge in [0, 0.05) is 19.0 Å². The van der Waals surface area contributed by atoms with Crippen molar-refractivity contribution in [3.05, 3.63) is 52.4 Å². The number of halogens is 2. The van der Waals surface area contributed by atoms with Crippen LogP contribution < -0.4 is 5.32 Å². The van der Waals surface area contributed by atoms with E-state index in [0.29, 0.717) is 23.3 Å². The Bertz CT molecular complexity index is 750. The number of sulfone groups is 1. The number of nitrogens with zero attached hydrogens (tertiary/aromatic N) is 1. The van der Waals surface area contributed by atoms with Crippen molar-refractivity contribution in [2.45, 2.75) is 11.3 Å². The molecule has 0 aliphatic carbocycles. The molecule has 0 aliphatic heterocycles. The number of pyridine rings is 1. The summed E-state index contributed by atoms with van der Waals surface area (Å²) in [5.74, 6) is 0.0250. The Balaban J connectivity index is 2.06. The third-order valence-electron chi connectivity index (χ3n) is 2.86. The molecule has 1 N–H and O–H groups in total. The molecule has 0 amide bonds. The first-order chi connectivity index (χ1) is 9.88. The molecule has 0 aliphatic rings. The summed E-state index contributed by atoms with van der Waals surface area (Å²) < 4.78 is 36.8. The SMILES string of the molecule is CS(=O)(=O)c1cccnc1NCCc1ccc(F)c(Br)c1. The fourth-order valence-electron chi connectivity index (χ4n) is 1.84. The van der Waals surface area contributed by atoms with E-state index in [1.54, 1.807) is 18.2 Å². The quantitative estimate of drug-likeness (QED) is 0.875. The topological polar surface area (TPSA) is 59.1 Å². The van der Waals surface area contributed by atoms with Crippen LogP contribution in [0.1, 0.15) is 5.56 Å². The number of nitrogens with one attached hydrogen (secondary N) is 1. The summed E-state index contributed by atoms with van der Waals surface area (Å²) in [5, 5.41) is 3.00. The van der Waals surface area contributed by atoms with Gasteiger partial charge in [-0.3, -0.25) is 0 Å². The van der Waals surface area contributed by atoms with Crippen molar-refractivity contribution in [1.29, 1.82) is 0 Å². The van der Waals surface area contributed by atoms with Crippen molar-refractivity contribution in [1.82, 2.24) is 4.98 Å². The number of benzene rings is 1. The minimum absolute atomic E-state index is 0.172. The highest BCUT2D eigenvalue weighted by atomic mass is 79.9. The van der Waals surface area contributed by atoms with Crippen molar-refractivity contribution in [2.24, 2.45) is 0 Å². The van der Waals surface area contributed by atoms with Gasteiger partial charge in [0.25, 0.3) is 0 Å². The number of hydrogen-bond acceptors (Lipinski definition) is 4. The number of anilines is 1. The van der Waals surface area contributed by atoms with Gasteiger partial charge >= 0.3 is 0 Å². The van der Waals surface area contributed by atoms with Gasteiger partial charge in [0.15, 0.2) is 9.84 Å². The Hall–Kier alpha value is -1.47. The van der Waals surface area contributed by atoms with E-state index in [1.165, 1.54) is 18.3 Å². The van der Waals surface area contributed by atoms with Crippen LogP contribution in [0.25, 0.3) is 0 Å². The molecule has 0 atom stereocenters. The Morgan fingerprint density at radius 1 is 1.33 bits per heavy atom. The van der Waals surface area contributed by atoms with Gasteiger partial charge in [-0.15, -0.1) is 0 Å². The Morgan fingerprint density at radius 2 is 2.10 bits per heavy atom. The summed E-state index contributed by atoms with van der Waals surface area (Å²) in [7, 11) is -3.32. The maximum Gasteiger partial charge on any atom is 0.179 e. The Kier molecular flexibility index (Phi) is 4.95. The lowest BCUT2D eigenvalue weighted by atomic mass is 10.1. The van der Waals surface area contributed by atoms with Gasteiger partial charge in [0.05, 0.1) is 4.47 Å². The van der Waals surface area contributed by atoms with Crippen molar-refractivity contribution >= 4 is 31.6 Å². The summed E-state index contributed by atoms with van der Waals surface area (Å²) in [4.78, 5) is 4.22. The van der Waals surface area contributed by atoms with E-state index in [9.17, 15) is 12.8 Å². The third-order valence-corrected chi connectivity index (χ3v) is 4.60. The molecule has 1 aromatic carbocycles. The standard InChI is InChI=1S/C14H14BrFN2O2S/c1-21(19,20)13-3-2-7-17-14(13)18-8-6-10-4-5-12(16)11(15)9-10/h2-5,7,9H,6,8H2,1H3,(H,17,18). The second-order valence-electron chi connectivity index (χ2n) is 4.55. The molecule has 2 aromatic rings. The largest absolute Gasteiger partial charge is 0.369 e. The predicted molar refractivity (Wildman–Crippen MR) is 83.6 cm³/mol. The van der Waals surface area contributed by atoms with E-state index >= 15 is 0 Å². The third kappa shape index (κ3) is 4.25. The zero-order chi connectivity index (χ0) is 15.5. The lowest BCUT2D eigenvalue weighted by Crippen LogP contribution is -2.10. The first-order valence-electron chi connectivity index (χ1n) is 6.21. The molecule has 0 fully saturated rings. The van der Waals surface area contributed by atoms with Gasteiger partial charge in [-0.25, -0.2) is 17.8 Å². The molecule has 21 heavy (non-hydrogen) atoms. The van der Waals surface area contributed by atoms with Crippen LogP contribution in [0.4, 0.5) is 10.2 Å². The summed E-state index contributed by atoms with van der Waals surface area (Å²) in [6.45, 7) is 0.498. The molecule has 1 heterocycles. The maximum atomic E-state index is 13.1. The van der Waals surface area contributed by atoms with Crippen molar-refractivity contribution < 1.29 is 12.8 Å². The van der Waals surface area contributed by atoms with Crippen LogP contribution in [-0.4, -0.2) is 26.2 Å². The molecule has 0 saturated carbocycles. The van der Waals surface area contributed by atoms with Gasteiger partial charge in [-0.1, -0.05) is 6.07 Å². The normalized spacial score (nSPS) is 11.4. The second-order valence-corrected chi connectivity index (χ2v) is 7.39. The smallest absolute Gasteiger partial charge is 0.179 e. The predicted octanol–water partition coefficient (Wildman–Crippen LogP) is 3.04. The summed E-state index contributed by atoms with van der Waals surface area (Å²) in [5.41, 5.74) is 0.938. The highest BCUT2D eigenvalue weighted by Crippen LogP contribution is 2.19. The molecule has 4 nitrogen and oxygen atoms in total. The molecular weight excluding hydrogens is 359 g/mol. The van der Waals surface area contributed by atoms with E-state index in [4.69, 9.17) is 0 Å². The van der Waals surface area contributed by atoms with Crippen LogP contribution in [0.15, 0.2) is 45.9 Å². The molecule has 1 aromatic heterocycles. The van der Waals surface area contributed by atoms with Gasteiger partial charge in [-0.05, 0) is 52.2 Å². The van der Waals surface area contributed by atoms with Crippen molar-refractivity contribution in [3.8, 4) is 0 Å². The molecule has 0 bridgehead atoms. The monoisotopic (exact) mass is 372 g/mol. The average molecular weight is 373 g/mol. The zero-order valence-electron chi connectivity index (χ0n) is 11.3. The molecule has 0 radical (unpaired) electrons.